The van der Waals surface area contributed by atoms with Gasteiger partial charge in [-0.3, -0.25) is 0 Å². The van der Waals surface area contributed by atoms with E-state index in [1.807, 2.05) is 19.9 Å². The fourth-order valence-corrected chi connectivity index (χ4v) is 4.04. The first-order chi connectivity index (χ1) is 11.2. The molecule has 4 atom stereocenters. The molecule has 1 saturated heterocycles. The molecule has 2 heterocycles. The summed E-state index contributed by atoms with van der Waals surface area (Å²) < 4.78 is 6.43. The lowest BCUT2D eigenvalue weighted by atomic mass is 9.80. The second-order valence-electron chi connectivity index (χ2n) is 8.10. The summed E-state index contributed by atoms with van der Waals surface area (Å²) >= 11 is 0. The van der Waals surface area contributed by atoms with Gasteiger partial charge in [-0.15, -0.1) is 0 Å². The Bertz CT molecular complexity index is 496. The van der Waals surface area contributed by atoms with Gasteiger partial charge in [0.1, 0.15) is 11.7 Å². The molecule has 1 fully saturated rings. The standard InChI is InChI=1S/C20H34O4/c1-14(2)20-11-10-19(4,24-20)17(22)9-8-16(13-21)7-5-6-15(3)12-18(20)23/h7,12,14,17-18,21-23H,5-6,8-11,13H2,1-4H3/b15-12-,16-7+/t17-,18-,19-,20-/m0/s1. The SMILES string of the molecule is C/C1=C/[C@H](O)[C@@]2(C(C)C)CC[C@](C)(O2)[C@@H](O)CC/C(CO)=C\CC1. The molecule has 0 spiro atoms. The van der Waals surface area contributed by atoms with E-state index < -0.39 is 23.4 Å². The van der Waals surface area contributed by atoms with Crippen molar-refractivity contribution in [3.8, 4) is 0 Å². The molecule has 138 valence electrons. The summed E-state index contributed by atoms with van der Waals surface area (Å²) in [6.07, 6.45) is 7.12. The molecule has 2 aliphatic rings. The van der Waals surface area contributed by atoms with Crippen LogP contribution in [0.2, 0.25) is 0 Å². The molecule has 2 aliphatic heterocycles. The van der Waals surface area contributed by atoms with Crippen molar-refractivity contribution in [3.05, 3.63) is 23.3 Å². The van der Waals surface area contributed by atoms with Crippen molar-refractivity contribution in [1.82, 2.24) is 0 Å². The van der Waals surface area contributed by atoms with Crippen LogP contribution in [0.4, 0.5) is 0 Å². The van der Waals surface area contributed by atoms with Crippen molar-refractivity contribution in [2.24, 2.45) is 5.92 Å². The molecule has 0 unspecified atom stereocenters. The van der Waals surface area contributed by atoms with Crippen molar-refractivity contribution >= 4 is 0 Å². The monoisotopic (exact) mass is 338 g/mol. The van der Waals surface area contributed by atoms with E-state index in [4.69, 9.17) is 4.74 Å². The van der Waals surface area contributed by atoms with Crippen LogP contribution in [0.1, 0.15) is 66.2 Å². The molecular formula is C20H34O4. The van der Waals surface area contributed by atoms with Gasteiger partial charge in [-0.05, 0) is 63.9 Å². The number of fused-ring (bicyclic) bond motifs is 2. The van der Waals surface area contributed by atoms with Crippen LogP contribution in [0.25, 0.3) is 0 Å². The highest BCUT2D eigenvalue weighted by Gasteiger charge is 2.54. The van der Waals surface area contributed by atoms with Gasteiger partial charge >= 0.3 is 0 Å². The molecule has 2 rings (SSSR count). The molecule has 4 nitrogen and oxygen atoms in total. The molecule has 0 aromatic heterocycles. The first kappa shape index (κ1) is 19.6. The largest absolute Gasteiger partial charge is 0.392 e. The fourth-order valence-electron chi connectivity index (χ4n) is 4.04. The summed E-state index contributed by atoms with van der Waals surface area (Å²) in [6.45, 7) is 8.17. The Labute approximate surface area is 146 Å². The molecule has 24 heavy (non-hydrogen) atoms. The molecule has 0 saturated carbocycles. The highest BCUT2D eigenvalue weighted by Crippen LogP contribution is 2.47. The van der Waals surface area contributed by atoms with Gasteiger partial charge in [0, 0.05) is 0 Å². The maximum absolute atomic E-state index is 10.9. The second kappa shape index (κ2) is 7.69. The number of ether oxygens (including phenoxy) is 1. The second-order valence-corrected chi connectivity index (χ2v) is 8.10. The van der Waals surface area contributed by atoms with E-state index in [-0.39, 0.29) is 12.5 Å². The minimum Gasteiger partial charge on any atom is -0.392 e. The third-order valence-corrected chi connectivity index (χ3v) is 5.97. The molecule has 0 amide bonds. The lowest BCUT2D eigenvalue weighted by molar-refractivity contribution is -0.192. The summed E-state index contributed by atoms with van der Waals surface area (Å²) in [4.78, 5) is 0. The lowest BCUT2D eigenvalue weighted by Gasteiger charge is -2.40. The first-order valence-corrected chi connectivity index (χ1v) is 9.26. The van der Waals surface area contributed by atoms with Crippen LogP contribution in [-0.4, -0.2) is 45.3 Å². The molecule has 4 heteroatoms. The quantitative estimate of drug-likeness (QED) is 0.677. The summed E-state index contributed by atoms with van der Waals surface area (Å²) in [7, 11) is 0. The van der Waals surface area contributed by atoms with Gasteiger partial charge in [-0.1, -0.05) is 31.6 Å². The number of rotatable bonds is 2. The third-order valence-electron chi connectivity index (χ3n) is 5.97. The third kappa shape index (κ3) is 3.93. The molecule has 3 N–H and O–H groups in total. The van der Waals surface area contributed by atoms with Crippen molar-refractivity contribution in [2.75, 3.05) is 6.61 Å². The number of aliphatic hydroxyl groups is 3. The maximum Gasteiger partial charge on any atom is 0.102 e. The van der Waals surface area contributed by atoms with Crippen molar-refractivity contribution in [2.45, 2.75) is 89.6 Å². The Morgan fingerprint density at radius 1 is 1.25 bits per heavy atom. The Balaban J connectivity index is 2.35. The predicted octanol–water partition coefficient (Wildman–Crippen LogP) is 3.11. The zero-order chi connectivity index (χ0) is 18.0. The molecule has 2 bridgehead atoms. The predicted molar refractivity (Wildman–Crippen MR) is 95.7 cm³/mol. The highest BCUT2D eigenvalue weighted by atomic mass is 16.6. The maximum atomic E-state index is 10.9. The molecule has 0 aromatic carbocycles. The van der Waals surface area contributed by atoms with Gasteiger partial charge in [0.15, 0.2) is 0 Å². The summed E-state index contributed by atoms with van der Waals surface area (Å²) in [6, 6.07) is 0. The van der Waals surface area contributed by atoms with E-state index in [0.717, 1.165) is 36.8 Å². The zero-order valence-electron chi connectivity index (χ0n) is 15.6. The molecule has 0 radical (unpaired) electrons. The van der Waals surface area contributed by atoms with E-state index in [9.17, 15) is 15.3 Å². The van der Waals surface area contributed by atoms with Gasteiger partial charge in [-0.25, -0.2) is 0 Å². The van der Waals surface area contributed by atoms with Gasteiger partial charge < -0.3 is 20.1 Å². The van der Waals surface area contributed by atoms with E-state index in [1.54, 1.807) is 0 Å². The Morgan fingerprint density at radius 3 is 2.58 bits per heavy atom. The van der Waals surface area contributed by atoms with E-state index >= 15 is 0 Å². The van der Waals surface area contributed by atoms with Crippen LogP contribution in [0, 0.1) is 5.92 Å². The average molecular weight is 338 g/mol. The zero-order valence-corrected chi connectivity index (χ0v) is 15.6. The number of hydrogen-bond acceptors (Lipinski definition) is 4. The van der Waals surface area contributed by atoms with Crippen LogP contribution in [0.15, 0.2) is 23.3 Å². The first-order valence-electron chi connectivity index (χ1n) is 9.26. The smallest absolute Gasteiger partial charge is 0.102 e. The molecule has 0 aliphatic carbocycles. The van der Waals surface area contributed by atoms with E-state index in [2.05, 4.69) is 19.9 Å². The Hall–Kier alpha value is -0.680. The topological polar surface area (TPSA) is 69.9 Å². The van der Waals surface area contributed by atoms with E-state index in [1.165, 1.54) is 0 Å². The van der Waals surface area contributed by atoms with Crippen molar-refractivity contribution in [3.63, 3.8) is 0 Å². The number of hydrogen-bond donors (Lipinski definition) is 3. The van der Waals surface area contributed by atoms with Crippen LogP contribution < -0.4 is 0 Å². The summed E-state index contributed by atoms with van der Waals surface area (Å²) in [5.41, 5.74) is 0.811. The highest BCUT2D eigenvalue weighted by molar-refractivity contribution is 5.15. The van der Waals surface area contributed by atoms with Gasteiger partial charge in [0.25, 0.3) is 0 Å². The van der Waals surface area contributed by atoms with Crippen molar-refractivity contribution < 1.29 is 20.1 Å². The van der Waals surface area contributed by atoms with Gasteiger partial charge in [0.05, 0.1) is 18.3 Å². The molecule has 0 aromatic rings. The molecular weight excluding hydrogens is 304 g/mol. The summed E-state index contributed by atoms with van der Waals surface area (Å²) in [5.74, 6) is 0.154. The van der Waals surface area contributed by atoms with Gasteiger partial charge in [0.2, 0.25) is 0 Å². The average Bonchev–Trinajstić information content (AvgIpc) is 2.90. The van der Waals surface area contributed by atoms with Gasteiger partial charge in [-0.2, -0.15) is 0 Å². The fraction of sp³-hybridized carbons (Fsp3) is 0.800. The van der Waals surface area contributed by atoms with Crippen LogP contribution >= 0.6 is 0 Å². The van der Waals surface area contributed by atoms with Crippen LogP contribution in [0.5, 0.6) is 0 Å². The minimum absolute atomic E-state index is 0.0333. The van der Waals surface area contributed by atoms with E-state index in [0.29, 0.717) is 12.8 Å². The Morgan fingerprint density at radius 2 is 1.96 bits per heavy atom. The summed E-state index contributed by atoms with van der Waals surface area (Å²) in [5, 5.41) is 31.1. The Kier molecular flexibility index (Phi) is 6.29. The van der Waals surface area contributed by atoms with Crippen molar-refractivity contribution in [1.29, 1.82) is 0 Å². The minimum atomic E-state index is -0.673. The number of allylic oxidation sites excluding steroid dienone is 2. The lowest BCUT2D eigenvalue weighted by Crippen LogP contribution is -2.50. The van der Waals surface area contributed by atoms with Crippen LogP contribution in [-0.2, 0) is 4.74 Å². The van der Waals surface area contributed by atoms with Crippen LogP contribution in [0.3, 0.4) is 0 Å². The normalized spacial score (nSPS) is 43.2. The number of aliphatic hydroxyl groups excluding tert-OH is 3.